The molecule has 1 N–H and O–H groups in total. The van der Waals surface area contributed by atoms with Crippen LogP contribution < -0.4 is 5.32 Å². The Kier molecular flexibility index (Phi) is 4.77. The minimum Gasteiger partial charge on any atom is -0.378 e. The molecule has 0 saturated heterocycles. The van der Waals surface area contributed by atoms with Crippen LogP contribution in [-0.2, 0) is 0 Å². The third kappa shape index (κ3) is 3.44. The van der Waals surface area contributed by atoms with E-state index in [1.165, 1.54) is 5.56 Å². The molecule has 0 bridgehead atoms. The first-order chi connectivity index (χ1) is 8.99. The van der Waals surface area contributed by atoms with Crippen molar-refractivity contribution < 1.29 is 0 Å². The topological polar surface area (TPSA) is 12.0 Å². The number of rotatable bonds is 3. The minimum atomic E-state index is 0.0826. The van der Waals surface area contributed by atoms with Gasteiger partial charge in [-0.25, -0.2) is 0 Å². The molecular formula is C15H14BrCl2N. The Balaban J connectivity index is 2.28. The molecule has 0 aromatic heterocycles. The second-order valence-electron chi connectivity index (χ2n) is 4.44. The fraction of sp³-hybridized carbons (Fsp3) is 0.200. The minimum absolute atomic E-state index is 0.0826. The first-order valence-electron chi connectivity index (χ1n) is 5.95. The van der Waals surface area contributed by atoms with E-state index in [0.717, 1.165) is 20.7 Å². The number of nitrogens with one attached hydrogen (secondary N) is 1. The van der Waals surface area contributed by atoms with Gasteiger partial charge in [-0.3, -0.25) is 0 Å². The molecule has 0 aliphatic rings. The molecule has 0 heterocycles. The molecule has 19 heavy (non-hydrogen) atoms. The van der Waals surface area contributed by atoms with Gasteiger partial charge in [0.2, 0.25) is 0 Å². The smallest absolute Gasteiger partial charge is 0.0501 e. The van der Waals surface area contributed by atoms with E-state index in [1.807, 2.05) is 24.3 Å². The Morgan fingerprint density at radius 2 is 1.89 bits per heavy atom. The highest BCUT2D eigenvalue weighted by Crippen LogP contribution is 2.31. The molecule has 0 aliphatic heterocycles. The number of anilines is 1. The van der Waals surface area contributed by atoms with E-state index in [1.54, 1.807) is 6.07 Å². The Morgan fingerprint density at radius 3 is 2.63 bits per heavy atom. The Labute approximate surface area is 132 Å². The van der Waals surface area contributed by atoms with Crippen molar-refractivity contribution in [3.8, 4) is 0 Å². The molecular weight excluding hydrogens is 345 g/mol. The van der Waals surface area contributed by atoms with Gasteiger partial charge in [0.05, 0.1) is 6.04 Å². The lowest BCUT2D eigenvalue weighted by Crippen LogP contribution is -2.08. The summed E-state index contributed by atoms with van der Waals surface area (Å²) >= 11 is 15.8. The lowest BCUT2D eigenvalue weighted by molar-refractivity contribution is 0.882. The average molecular weight is 359 g/mol. The zero-order valence-corrected chi connectivity index (χ0v) is 13.8. The fourth-order valence-corrected chi connectivity index (χ4v) is 2.75. The summed E-state index contributed by atoms with van der Waals surface area (Å²) < 4.78 is 1.09. The fourth-order valence-electron chi connectivity index (χ4n) is 1.92. The second-order valence-corrected chi connectivity index (χ2v) is 6.14. The van der Waals surface area contributed by atoms with Crippen molar-refractivity contribution in [3.05, 3.63) is 62.0 Å². The van der Waals surface area contributed by atoms with Crippen LogP contribution in [-0.4, -0.2) is 0 Å². The molecule has 0 amide bonds. The van der Waals surface area contributed by atoms with E-state index in [2.05, 4.69) is 41.2 Å². The van der Waals surface area contributed by atoms with E-state index in [9.17, 15) is 0 Å². The number of benzene rings is 2. The molecule has 4 heteroatoms. The largest absolute Gasteiger partial charge is 0.378 e. The summed E-state index contributed by atoms with van der Waals surface area (Å²) in [7, 11) is 0. The van der Waals surface area contributed by atoms with Crippen molar-refractivity contribution in [3.63, 3.8) is 0 Å². The van der Waals surface area contributed by atoms with Crippen LogP contribution in [0, 0.1) is 6.92 Å². The van der Waals surface area contributed by atoms with Gasteiger partial charge in [-0.05, 0) is 55.3 Å². The highest BCUT2D eigenvalue weighted by Gasteiger charge is 2.12. The van der Waals surface area contributed by atoms with Gasteiger partial charge in [-0.15, -0.1) is 0 Å². The predicted molar refractivity (Wildman–Crippen MR) is 87.4 cm³/mol. The molecule has 0 aliphatic carbocycles. The Hall–Kier alpha value is -0.700. The van der Waals surface area contributed by atoms with Gasteiger partial charge in [0.25, 0.3) is 0 Å². The van der Waals surface area contributed by atoms with Crippen molar-refractivity contribution in [2.24, 2.45) is 0 Å². The summed E-state index contributed by atoms with van der Waals surface area (Å²) in [4.78, 5) is 0. The van der Waals surface area contributed by atoms with Crippen LogP contribution in [0.4, 0.5) is 5.69 Å². The quantitative estimate of drug-likeness (QED) is 0.684. The maximum Gasteiger partial charge on any atom is 0.0501 e. The summed E-state index contributed by atoms with van der Waals surface area (Å²) in [5.41, 5.74) is 3.25. The van der Waals surface area contributed by atoms with E-state index >= 15 is 0 Å². The molecule has 1 unspecified atom stereocenters. The van der Waals surface area contributed by atoms with Gasteiger partial charge in [0.1, 0.15) is 0 Å². The molecule has 1 nitrogen and oxygen atoms in total. The average Bonchev–Trinajstić information content (AvgIpc) is 2.38. The predicted octanol–water partition coefficient (Wildman–Crippen LogP) is 6.24. The SMILES string of the molecule is Cc1c(Br)cccc1NC(C)c1cc(Cl)ccc1Cl. The maximum atomic E-state index is 6.22. The van der Waals surface area contributed by atoms with E-state index in [4.69, 9.17) is 23.2 Å². The molecule has 0 fully saturated rings. The van der Waals surface area contributed by atoms with E-state index in [-0.39, 0.29) is 6.04 Å². The lowest BCUT2D eigenvalue weighted by Gasteiger charge is -2.19. The maximum absolute atomic E-state index is 6.22. The van der Waals surface area contributed by atoms with Gasteiger partial charge >= 0.3 is 0 Å². The highest BCUT2D eigenvalue weighted by molar-refractivity contribution is 9.10. The first kappa shape index (κ1) is 14.7. The van der Waals surface area contributed by atoms with Gasteiger partial charge < -0.3 is 5.32 Å². The van der Waals surface area contributed by atoms with Gasteiger partial charge in [-0.2, -0.15) is 0 Å². The van der Waals surface area contributed by atoms with Gasteiger partial charge in [-0.1, -0.05) is 45.2 Å². The molecule has 0 spiro atoms. The van der Waals surface area contributed by atoms with Crippen LogP contribution in [0.3, 0.4) is 0 Å². The van der Waals surface area contributed by atoms with Crippen molar-refractivity contribution in [2.75, 3.05) is 5.32 Å². The number of halogens is 3. The van der Waals surface area contributed by atoms with Crippen LogP contribution >= 0.6 is 39.1 Å². The zero-order chi connectivity index (χ0) is 14.0. The van der Waals surface area contributed by atoms with Crippen molar-refractivity contribution in [1.29, 1.82) is 0 Å². The molecule has 0 radical (unpaired) electrons. The molecule has 100 valence electrons. The molecule has 2 rings (SSSR count). The standard InChI is InChI=1S/C15H14BrCl2N/c1-9-13(16)4-3-5-15(9)19-10(2)12-8-11(17)6-7-14(12)18/h3-8,10,19H,1-2H3. The normalized spacial score (nSPS) is 12.3. The molecule has 1 atom stereocenters. The van der Waals surface area contributed by atoms with Crippen LogP contribution in [0.2, 0.25) is 10.0 Å². The summed E-state index contributed by atoms with van der Waals surface area (Å²) in [5, 5.41) is 4.88. The third-order valence-electron chi connectivity index (χ3n) is 3.06. The monoisotopic (exact) mass is 357 g/mol. The summed E-state index contributed by atoms with van der Waals surface area (Å²) in [6.07, 6.45) is 0. The van der Waals surface area contributed by atoms with Crippen molar-refractivity contribution >= 4 is 44.8 Å². The number of hydrogen-bond acceptors (Lipinski definition) is 1. The molecule has 2 aromatic rings. The lowest BCUT2D eigenvalue weighted by atomic mass is 10.1. The molecule has 2 aromatic carbocycles. The van der Waals surface area contributed by atoms with Crippen LogP contribution in [0.15, 0.2) is 40.9 Å². The van der Waals surface area contributed by atoms with Gasteiger partial charge in [0, 0.05) is 20.2 Å². The number of hydrogen-bond donors (Lipinski definition) is 1. The van der Waals surface area contributed by atoms with Crippen LogP contribution in [0.1, 0.15) is 24.1 Å². The summed E-state index contributed by atoms with van der Waals surface area (Å²) in [5.74, 6) is 0. The van der Waals surface area contributed by atoms with E-state index < -0.39 is 0 Å². The first-order valence-corrected chi connectivity index (χ1v) is 7.50. The van der Waals surface area contributed by atoms with Crippen molar-refractivity contribution in [2.45, 2.75) is 19.9 Å². The summed E-state index contributed by atoms with van der Waals surface area (Å²) in [6.45, 7) is 4.14. The Bertz CT molecular complexity index is 599. The highest BCUT2D eigenvalue weighted by atomic mass is 79.9. The van der Waals surface area contributed by atoms with E-state index in [0.29, 0.717) is 5.02 Å². The third-order valence-corrected chi connectivity index (χ3v) is 4.50. The molecule has 0 saturated carbocycles. The Morgan fingerprint density at radius 1 is 1.16 bits per heavy atom. The van der Waals surface area contributed by atoms with Crippen molar-refractivity contribution in [1.82, 2.24) is 0 Å². The second kappa shape index (κ2) is 6.17. The van der Waals surface area contributed by atoms with Crippen LogP contribution in [0.25, 0.3) is 0 Å². The zero-order valence-electron chi connectivity index (χ0n) is 10.7. The van der Waals surface area contributed by atoms with Gasteiger partial charge in [0.15, 0.2) is 0 Å². The van der Waals surface area contributed by atoms with Crippen LogP contribution in [0.5, 0.6) is 0 Å². The summed E-state index contributed by atoms with van der Waals surface area (Å²) in [6, 6.07) is 11.7.